The van der Waals surface area contributed by atoms with E-state index in [-0.39, 0.29) is 29.0 Å². The number of anilines is 1. The molecule has 1 atom stereocenters. The molecule has 0 bridgehead atoms. The molecule has 1 unspecified atom stereocenters. The zero-order valence-corrected chi connectivity index (χ0v) is 16.8. The van der Waals surface area contributed by atoms with Crippen molar-refractivity contribution >= 4 is 22.8 Å². The zero-order valence-electron chi connectivity index (χ0n) is 16.8. The van der Waals surface area contributed by atoms with Crippen LogP contribution in [0.25, 0.3) is 10.9 Å². The molecule has 29 heavy (non-hydrogen) atoms. The van der Waals surface area contributed by atoms with Gasteiger partial charge in [-0.15, -0.1) is 0 Å². The molecule has 2 heterocycles. The fourth-order valence-electron chi connectivity index (χ4n) is 3.38. The van der Waals surface area contributed by atoms with Crippen LogP contribution in [0.2, 0.25) is 0 Å². The van der Waals surface area contributed by atoms with Gasteiger partial charge >= 0.3 is 6.09 Å². The molecule has 1 aliphatic rings. The molecule has 6 nitrogen and oxygen atoms in total. The first-order valence-electron chi connectivity index (χ1n) is 9.61. The summed E-state index contributed by atoms with van der Waals surface area (Å²) in [6.45, 7) is 6.44. The van der Waals surface area contributed by atoms with Crippen LogP contribution >= 0.6 is 0 Å². The minimum atomic E-state index is -0.996. The lowest BCUT2D eigenvalue weighted by atomic mass is 10.0. The summed E-state index contributed by atoms with van der Waals surface area (Å²) in [5.74, 6) is -1.70. The standard InChI is InChI=1S/C21H24F2N4O2/c1-21(2,3)29-20(28)27-7-5-4-6-15(27)12-25-19-14(11-24)8-13-9-16(22)17(23)10-18(13)26-19/h8-10,15H,4-7,12H2,1-3H3,(H,25,26). The highest BCUT2D eigenvalue weighted by Crippen LogP contribution is 2.24. The Morgan fingerprint density at radius 1 is 1.31 bits per heavy atom. The summed E-state index contributed by atoms with van der Waals surface area (Å²) in [6.07, 6.45) is 2.31. The number of hydrogen-bond donors (Lipinski definition) is 1. The summed E-state index contributed by atoms with van der Waals surface area (Å²) in [7, 11) is 0. The molecule has 154 valence electrons. The third-order valence-corrected chi connectivity index (χ3v) is 4.74. The number of pyridine rings is 1. The number of ether oxygens (including phenoxy) is 1. The number of carbonyl (C=O) groups excluding carboxylic acids is 1. The lowest BCUT2D eigenvalue weighted by Gasteiger charge is -2.37. The fourth-order valence-corrected chi connectivity index (χ4v) is 3.38. The zero-order chi connectivity index (χ0) is 21.2. The van der Waals surface area contributed by atoms with Gasteiger partial charge in [0.25, 0.3) is 0 Å². The Morgan fingerprint density at radius 2 is 2.03 bits per heavy atom. The minimum Gasteiger partial charge on any atom is -0.444 e. The number of piperidine rings is 1. The highest BCUT2D eigenvalue weighted by atomic mass is 19.2. The van der Waals surface area contributed by atoms with Crippen LogP contribution in [-0.4, -0.2) is 40.7 Å². The number of aromatic nitrogens is 1. The van der Waals surface area contributed by atoms with Crippen LogP contribution in [0.3, 0.4) is 0 Å². The van der Waals surface area contributed by atoms with Gasteiger partial charge in [-0.05, 0) is 52.2 Å². The van der Waals surface area contributed by atoms with Crippen LogP contribution < -0.4 is 5.32 Å². The van der Waals surface area contributed by atoms with Crippen molar-refractivity contribution in [3.8, 4) is 6.07 Å². The number of nitrogens with zero attached hydrogens (tertiary/aromatic N) is 3. The second-order valence-electron chi connectivity index (χ2n) is 8.16. The number of nitriles is 1. The number of hydrogen-bond acceptors (Lipinski definition) is 5. The highest BCUT2D eigenvalue weighted by Gasteiger charge is 2.30. The van der Waals surface area contributed by atoms with Gasteiger partial charge in [-0.1, -0.05) is 0 Å². The smallest absolute Gasteiger partial charge is 0.410 e. The maximum atomic E-state index is 13.6. The van der Waals surface area contributed by atoms with Crippen molar-refractivity contribution in [2.75, 3.05) is 18.4 Å². The molecule has 1 aromatic carbocycles. The Hall–Kier alpha value is -2.95. The molecular formula is C21H24F2N4O2. The van der Waals surface area contributed by atoms with Crippen LogP contribution in [0.5, 0.6) is 0 Å². The minimum absolute atomic E-state index is 0.118. The Balaban J connectivity index is 1.80. The first kappa shape index (κ1) is 20.8. The summed E-state index contributed by atoms with van der Waals surface area (Å²) in [6, 6.07) is 5.41. The van der Waals surface area contributed by atoms with Gasteiger partial charge in [0.05, 0.1) is 17.1 Å². The van der Waals surface area contributed by atoms with Crippen LogP contribution in [0.15, 0.2) is 18.2 Å². The molecule has 0 spiro atoms. The van der Waals surface area contributed by atoms with Crippen molar-refractivity contribution in [2.45, 2.75) is 51.7 Å². The number of nitrogens with one attached hydrogen (secondary N) is 1. The van der Waals surface area contributed by atoms with Gasteiger partial charge in [0.1, 0.15) is 17.5 Å². The second-order valence-corrected chi connectivity index (χ2v) is 8.16. The van der Waals surface area contributed by atoms with E-state index in [0.29, 0.717) is 18.5 Å². The number of rotatable bonds is 3. The predicted molar refractivity (Wildman–Crippen MR) is 105 cm³/mol. The molecular weight excluding hydrogens is 378 g/mol. The number of fused-ring (bicyclic) bond motifs is 1. The Morgan fingerprint density at radius 3 is 2.72 bits per heavy atom. The van der Waals surface area contributed by atoms with Gasteiger partial charge in [0.2, 0.25) is 0 Å². The normalized spacial score (nSPS) is 17.1. The van der Waals surface area contributed by atoms with E-state index in [1.54, 1.807) is 4.90 Å². The van der Waals surface area contributed by atoms with E-state index in [0.717, 1.165) is 31.4 Å². The Bertz CT molecular complexity index is 966. The molecule has 1 amide bonds. The van der Waals surface area contributed by atoms with E-state index < -0.39 is 17.2 Å². The highest BCUT2D eigenvalue weighted by molar-refractivity contribution is 5.83. The third kappa shape index (κ3) is 4.91. The van der Waals surface area contributed by atoms with E-state index in [4.69, 9.17) is 4.74 Å². The van der Waals surface area contributed by atoms with Gasteiger partial charge in [0.15, 0.2) is 11.6 Å². The van der Waals surface area contributed by atoms with Gasteiger partial charge < -0.3 is 15.0 Å². The van der Waals surface area contributed by atoms with E-state index in [2.05, 4.69) is 10.3 Å². The number of halogens is 2. The largest absolute Gasteiger partial charge is 0.444 e. The van der Waals surface area contributed by atoms with Crippen molar-refractivity contribution in [3.05, 3.63) is 35.4 Å². The summed E-state index contributed by atoms with van der Waals surface area (Å²) in [5, 5.41) is 12.9. The maximum Gasteiger partial charge on any atom is 0.410 e. The van der Waals surface area contributed by atoms with Crippen molar-refractivity contribution in [2.24, 2.45) is 0 Å². The van der Waals surface area contributed by atoms with Gasteiger partial charge in [-0.3, -0.25) is 0 Å². The van der Waals surface area contributed by atoms with Crippen LogP contribution in [0.1, 0.15) is 45.6 Å². The lowest BCUT2D eigenvalue weighted by Crippen LogP contribution is -2.49. The van der Waals surface area contributed by atoms with Crippen LogP contribution in [0, 0.1) is 23.0 Å². The van der Waals surface area contributed by atoms with Crippen LogP contribution in [0.4, 0.5) is 19.4 Å². The average Bonchev–Trinajstić information content (AvgIpc) is 2.65. The molecule has 3 rings (SSSR count). The molecule has 2 aromatic rings. The Kier molecular flexibility index (Phi) is 5.87. The number of likely N-dealkylation sites (tertiary alicyclic amines) is 1. The maximum absolute atomic E-state index is 13.6. The Labute approximate surface area is 168 Å². The monoisotopic (exact) mass is 402 g/mol. The number of amides is 1. The molecule has 0 saturated carbocycles. The summed E-state index contributed by atoms with van der Waals surface area (Å²) < 4.78 is 32.5. The second kappa shape index (κ2) is 8.19. The first-order chi connectivity index (χ1) is 13.7. The van der Waals surface area contributed by atoms with Gasteiger partial charge in [0, 0.05) is 24.5 Å². The molecule has 1 saturated heterocycles. The van der Waals surface area contributed by atoms with Crippen molar-refractivity contribution in [1.29, 1.82) is 5.26 Å². The molecule has 8 heteroatoms. The molecule has 1 aliphatic heterocycles. The number of benzene rings is 1. The van der Waals surface area contributed by atoms with E-state index in [1.165, 1.54) is 6.07 Å². The van der Waals surface area contributed by atoms with Gasteiger partial charge in [-0.2, -0.15) is 5.26 Å². The average molecular weight is 402 g/mol. The van der Waals surface area contributed by atoms with E-state index in [9.17, 15) is 18.8 Å². The van der Waals surface area contributed by atoms with E-state index in [1.807, 2.05) is 26.8 Å². The summed E-state index contributed by atoms with van der Waals surface area (Å²) >= 11 is 0. The fraction of sp³-hybridized carbons (Fsp3) is 0.476. The molecule has 1 N–H and O–H groups in total. The first-order valence-corrected chi connectivity index (χ1v) is 9.61. The van der Waals surface area contributed by atoms with Gasteiger partial charge in [-0.25, -0.2) is 18.6 Å². The SMILES string of the molecule is CC(C)(C)OC(=O)N1CCCCC1CNc1nc2cc(F)c(F)cc2cc1C#N. The lowest BCUT2D eigenvalue weighted by molar-refractivity contribution is 0.0114. The summed E-state index contributed by atoms with van der Waals surface area (Å²) in [5.41, 5.74) is -0.110. The quantitative estimate of drug-likeness (QED) is 0.813. The third-order valence-electron chi connectivity index (χ3n) is 4.74. The van der Waals surface area contributed by atoms with Crippen molar-refractivity contribution in [3.63, 3.8) is 0 Å². The number of carbonyl (C=O) groups is 1. The van der Waals surface area contributed by atoms with E-state index >= 15 is 0 Å². The molecule has 1 aromatic heterocycles. The molecule has 1 fully saturated rings. The van der Waals surface area contributed by atoms with Crippen molar-refractivity contribution < 1.29 is 18.3 Å². The topological polar surface area (TPSA) is 78.2 Å². The molecule has 0 radical (unpaired) electrons. The van der Waals surface area contributed by atoms with Crippen LogP contribution in [-0.2, 0) is 4.74 Å². The summed E-state index contributed by atoms with van der Waals surface area (Å²) in [4.78, 5) is 18.5. The predicted octanol–water partition coefficient (Wildman–Crippen LogP) is 4.59. The van der Waals surface area contributed by atoms with Crippen molar-refractivity contribution in [1.82, 2.24) is 9.88 Å². The molecule has 0 aliphatic carbocycles.